The molecule has 0 bridgehead atoms. The van der Waals surface area contributed by atoms with Gasteiger partial charge in [0.15, 0.2) is 0 Å². The molecule has 0 spiro atoms. The highest BCUT2D eigenvalue weighted by atomic mass is 31.0. The fourth-order valence-electron chi connectivity index (χ4n) is 3.13. The summed E-state index contributed by atoms with van der Waals surface area (Å²) >= 11 is 0. The summed E-state index contributed by atoms with van der Waals surface area (Å²) in [6.07, 6.45) is 0. The minimum Gasteiger partial charge on any atom is -0.105 e. The molecule has 0 aromatic heterocycles. The zero-order valence-electron chi connectivity index (χ0n) is 12.1. The predicted octanol–water partition coefficient (Wildman–Crippen LogP) is 4.66. The van der Waals surface area contributed by atoms with E-state index in [0.717, 1.165) is 0 Å². The van der Waals surface area contributed by atoms with Gasteiger partial charge in [-0.25, -0.2) is 0 Å². The molecular formula is C20H16P2. The van der Waals surface area contributed by atoms with E-state index in [1.54, 1.807) is 0 Å². The van der Waals surface area contributed by atoms with Crippen LogP contribution in [-0.2, 0) is 0 Å². The Kier molecular flexibility index (Phi) is 3.45. The summed E-state index contributed by atoms with van der Waals surface area (Å²) in [5.41, 5.74) is 2.62. The Hall–Kier alpha value is -1.74. The van der Waals surface area contributed by atoms with Crippen LogP contribution in [0.4, 0.5) is 0 Å². The lowest BCUT2D eigenvalue weighted by Gasteiger charge is -2.15. The number of hydrogen-bond acceptors (Lipinski definition) is 0. The molecule has 0 saturated carbocycles. The molecule has 2 heteroatoms. The molecule has 106 valence electrons. The van der Waals surface area contributed by atoms with Gasteiger partial charge in [-0.3, -0.25) is 0 Å². The largest absolute Gasteiger partial charge is 0.105 e. The molecule has 4 aromatic rings. The van der Waals surface area contributed by atoms with Gasteiger partial charge in [0.05, 0.1) is 0 Å². The van der Waals surface area contributed by atoms with Crippen LogP contribution in [0.3, 0.4) is 0 Å². The van der Waals surface area contributed by atoms with E-state index >= 15 is 0 Å². The molecule has 4 rings (SSSR count). The molecule has 2 unspecified atom stereocenters. The Labute approximate surface area is 135 Å². The number of rotatable bonds is 1. The lowest BCUT2D eigenvalue weighted by molar-refractivity contribution is 1.74. The second-order valence-electron chi connectivity index (χ2n) is 5.50. The van der Waals surface area contributed by atoms with Crippen molar-refractivity contribution in [3.05, 3.63) is 72.8 Å². The number of benzene rings is 4. The van der Waals surface area contributed by atoms with E-state index in [4.69, 9.17) is 0 Å². The number of fused-ring (bicyclic) bond motifs is 2. The SMILES string of the molecule is Pc1ccc2ccccc2c1-c1c(P)ccc2ccccc12. The van der Waals surface area contributed by atoms with Crippen LogP contribution in [0.25, 0.3) is 32.7 Å². The number of hydrogen-bond donors (Lipinski definition) is 0. The van der Waals surface area contributed by atoms with Gasteiger partial charge in [-0.2, -0.15) is 0 Å². The maximum Gasteiger partial charge on any atom is -0.00212 e. The van der Waals surface area contributed by atoms with E-state index in [0.29, 0.717) is 0 Å². The molecule has 0 nitrogen and oxygen atoms in total. The minimum absolute atomic E-state index is 1.23. The first-order chi connectivity index (χ1) is 10.8. The average Bonchev–Trinajstić information content (AvgIpc) is 2.56. The van der Waals surface area contributed by atoms with Gasteiger partial charge >= 0.3 is 0 Å². The third-order valence-electron chi connectivity index (χ3n) is 4.17. The normalized spacial score (nSPS) is 11.2. The Morgan fingerprint density at radius 1 is 0.455 bits per heavy atom. The Morgan fingerprint density at radius 3 is 1.32 bits per heavy atom. The molecular weight excluding hydrogens is 302 g/mol. The first-order valence-corrected chi connectivity index (χ1v) is 8.46. The van der Waals surface area contributed by atoms with Crippen LogP contribution in [-0.4, -0.2) is 0 Å². The van der Waals surface area contributed by atoms with Gasteiger partial charge in [0.25, 0.3) is 0 Å². The van der Waals surface area contributed by atoms with Crippen LogP contribution in [0.2, 0.25) is 0 Å². The molecule has 0 aliphatic heterocycles. The van der Waals surface area contributed by atoms with Crippen molar-refractivity contribution in [2.45, 2.75) is 0 Å². The summed E-state index contributed by atoms with van der Waals surface area (Å²) in [5.74, 6) is 0. The first kappa shape index (κ1) is 13.9. The highest BCUT2D eigenvalue weighted by Crippen LogP contribution is 2.33. The van der Waals surface area contributed by atoms with E-state index < -0.39 is 0 Å². The Balaban J connectivity index is 2.21. The first-order valence-electron chi connectivity index (χ1n) is 7.30. The van der Waals surface area contributed by atoms with Crippen molar-refractivity contribution in [2.24, 2.45) is 0 Å². The van der Waals surface area contributed by atoms with Gasteiger partial charge in [-0.1, -0.05) is 72.8 Å². The van der Waals surface area contributed by atoms with E-state index in [1.807, 2.05) is 0 Å². The van der Waals surface area contributed by atoms with Crippen molar-refractivity contribution in [3.63, 3.8) is 0 Å². The predicted molar refractivity (Wildman–Crippen MR) is 106 cm³/mol. The van der Waals surface area contributed by atoms with Crippen molar-refractivity contribution in [1.82, 2.24) is 0 Å². The molecule has 0 N–H and O–H groups in total. The summed E-state index contributed by atoms with van der Waals surface area (Å²) in [4.78, 5) is 0. The fourth-order valence-corrected chi connectivity index (χ4v) is 3.93. The molecule has 0 radical (unpaired) electrons. The van der Waals surface area contributed by atoms with Crippen molar-refractivity contribution in [1.29, 1.82) is 0 Å². The summed E-state index contributed by atoms with van der Waals surface area (Å²) < 4.78 is 0. The van der Waals surface area contributed by atoms with Crippen LogP contribution in [0.15, 0.2) is 72.8 Å². The maximum atomic E-state index is 2.90. The van der Waals surface area contributed by atoms with Gasteiger partial charge < -0.3 is 0 Å². The second kappa shape index (κ2) is 5.47. The van der Waals surface area contributed by atoms with E-state index in [2.05, 4.69) is 91.3 Å². The van der Waals surface area contributed by atoms with Crippen LogP contribution in [0.1, 0.15) is 0 Å². The summed E-state index contributed by atoms with van der Waals surface area (Å²) in [6.45, 7) is 0. The molecule has 2 atom stereocenters. The van der Waals surface area contributed by atoms with Crippen molar-refractivity contribution in [2.75, 3.05) is 0 Å². The Morgan fingerprint density at radius 2 is 0.864 bits per heavy atom. The van der Waals surface area contributed by atoms with Gasteiger partial charge in [-0.15, -0.1) is 18.5 Å². The van der Waals surface area contributed by atoms with Crippen molar-refractivity contribution in [3.8, 4) is 11.1 Å². The minimum atomic E-state index is 1.23. The highest BCUT2D eigenvalue weighted by Gasteiger charge is 2.13. The van der Waals surface area contributed by atoms with Crippen LogP contribution >= 0.6 is 18.5 Å². The molecule has 22 heavy (non-hydrogen) atoms. The highest BCUT2D eigenvalue weighted by molar-refractivity contribution is 7.29. The fraction of sp³-hybridized carbons (Fsp3) is 0. The summed E-state index contributed by atoms with van der Waals surface area (Å²) in [7, 11) is 5.79. The van der Waals surface area contributed by atoms with Crippen molar-refractivity contribution < 1.29 is 0 Å². The molecule has 0 heterocycles. The zero-order chi connectivity index (χ0) is 15.1. The molecule has 4 aromatic carbocycles. The zero-order valence-corrected chi connectivity index (χ0v) is 14.4. The average molecular weight is 318 g/mol. The van der Waals surface area contributed by atoms with Crippen molar-refractivity contribution >= 4 is 50.6 Å². The maximum absolute atomic E-state index is 2.90. The van der Waals surface area contributed by atoms with Crippen LogP contribution in [0, 0.1) is 0 Å². The lowest BCUT2D eigenvalue weighted by atomic mass is 9.94. The molecule has 0 fully saturated rings. The van der Waals surface area contributed by atoms with E-state index in [9.17, 15) is 0 Å². The third kappa shape index (κ3) is 2.15. The monoisotopic (exact) mass is 318 g/mol. The van der Waals surface area contributed by atoms with E-state index in [-0.39, 0.29) is 0 Å². The molecule has 0 amide bonds. The smallest absolute Gasteiger partial charge is 0.00212 e. The van der Waals surface area contributed by atoms with Gasteiger partial charge in [0.1, 0.15) is 0 Å². The third-order valence-corrected chi connectivity index (χ3v) is 5.13. The molecule has 0 aliphatic rings. The molecule has 0 aliphatic carbocycles. The van der Waals surface area contributed by atoms with Crippen LogP contribution < -0.4 is 10.6 Å². The quantitative estimate of drug-likeness (QED) is 0.448. The Bertz CT molecular complexity index is 920. The molecule has 0 saturated heterocycles. The van der Waals surface area contributed by atoms with Gasteiger partial charge in [-0.05, 0) is 43.3 Å². The topological polar surface area (TPSA) is 0 Å². The lowest BCUT2D eigenvalue weighted by Crippen LogP contribution is -2.05. The summed E-state index contributed by atoms with van der Waals surface area (Å²) in [5, 5.41) is 7.63. The second-order valence-corrected chi connectivity index (χ2v) is 6.75. The van der Waals surface area contributed by atoms with Gasteiger partial charge in [0.2, 0.25) is 0 Å². The van der Waals surface area contributed by atoms with E-state index in [1.165, 1.54) is 43.3 Å². The van der Waals surface area contributed by atoms with Crippen LogP contribution in [0.5, 0.6) is 0 Å². The van der Waals surface area contributed by atoms with Gasteiger partial charge in [0, 0.05) is 0 Å². The standard InChI is InChI=1S/C20H16P2/c21-17-11-9-13-5-1-3-7-15(13)19(17)20-16-8-4-2-6-14(16)10-12-18(20)22/h1-12H,21-22H2. The summed E-state index contributed by atoms with van der Waals surface area (Å²) in [6, 6.07) is 26.0.